The van der Waals surface area contributed by atoms with E-state index in [4.69, 9.17) is 0 Å². The Labute approximate surface area is 168 Å². The average Bonchev–Trinajstić information content (AvgIpc) is 3.19. The molecule has 2 atom stereocenters. The molecular weight excluding hydrogens is 407 g/mol. The summed E-state index contributed by atoms with van der Waals surface area (Å²) >= 11 is 0. The average molecular weight is 431 g/mol. The molecule has 6 nitrogen and oxygen atoms in total. The van der Waals surface area contributed by atoms with Gasteiger partial charge in [-0.2, -0.15) is 17.5 Å². The summed E-state index contributed by atoms with van der Waals surface area (Å²) in [7, 11) is -3.85. The predicted molar refractivity (Wildman–Crippen MR) is 100 cm³/mol. The number of sulfonamides is 1. The van der Waals surface area contributed by atoms with Crippen molar-refractivity contribution >= 4 is 10.0 Å². The maximum Gasteiger partial charge on any atom is 0.421 e. The van der Waals surface area contributed by atoms with E-state index in [1.54, 1.807) is 12.5 Å². The number of hydrogen-bond donors (Lipinski definition) is 1. The number of aryl methyl sites for hydroxylation is 1. The molecule has 1 N–H and O–H groups in total. The first-order valence-electron chi connectivity index (χ1n) is 9.41. The van der Waals surface area contributed by atoms with Crippen LogP contribution in [0.15, 0.2) is 47.9 Å². The second-order valence-electron chi connectivity index (χ2n) is 7.45. The van der Waals surface area contributed by atoms with Crippen LogP contribution in [0.1, 0.15) is 38.2 Å². The van der Waals surface area contributed by atoms with Crippen LogP contribution in [-0.4, -0.2) is 46.1 Å². The molecule has 0 aliphatic carbocycles. The topological polar surface area (TPSA) is 75.4 Å². The zero-order valence-corrected chi connectivity index (χ0v) is 16.8. The van der Waals surface area contributed by atoms with Gasteiger partial charge in [0.15, 0.2) is 5.60 Å². The van der Waals surface area contributed by atoms with Crippen LogP contribution in [0.2, 0.25) is 0 Å². The lowest BCUT2D eigenvalue weighted by Gasteiger charge is -2.35. The van der Waals surface area contributed by atoms with E-state index in [-0.39, 0.29) is 10.9 Å². The number of halogens is 3. The van der Waals surface area contributed by atoms with Gasteiger partial charge in [0.1, 0.15) is 0 Å². The van der Waals surface area contributed by atoms with Gasteiger partial charge in [0.05, 0.1) is 11.2 Å². The molecule has 1 fully saturated rings. The number of alkyl halides is 3. The fourth-order valence-corrected chi connectivity index (χ4v) is 5.27. The van der Waals surface area contributed by atoms with Gasteiger partial charge in [-0.3, -0.25) is 0 Å². The molecule has 3 rings (SSSR count). The van der Waals surface area contributed by atoms with E-state index in [1.165, 1.54) is 4.31 Å². The highest BCUT2D eigenvalue weighted by molar-refractivity contribution is 7.89. The molecule has 1 aromatic heterocycles. The first-order valence-corrected chi connectivity index (χ1v) is 10.8. The molecule has 0 amide bonds. The Morgan fingerprint density at radius 3 is 2.48 bits per heavy atom. The lowest BCUT2D eigenvalue weighted by Crippen LogP contribution is -2.44. The van der Waals surface area contributed by atoms with Crippen molar-refractivity contribution in [1.82, 2.24) is 13.9 Å². The Kier molecular flexibility index (Phi) is 6.07. The van der Waals surface area contributed by atoms with E-state index in [2.05, 4.69) is 4.98 Å². The van der Waals surface area contributed by atoms with Gasteiger partial charge in [0.2, 0.25) is 10.0 Å². The third kappa shape index (κ3) is 4.49. The van der Waals surface area contributed by atoms with Crippen LogP contribution in [0, 0.1) is 0 Å². The molecule has 160 valence electrons. The summed E-state index contributed by atoms with van der Waals surface area (Å²) in [5.74, 6) is 0. The normalized spacial score (nSPS) is 21.1. The van der Waals surface area contributed by atoms with Gasteiger partial charge in [-0.25, -0.2) is 13.4 Å². The lowest BCUT2D eigenvalue weighted by molar-refractivity contribution is -0.258. The van der Waals surface area contributed by atoms with Gasteiger partial charge < -0.3 is 9.67 Å². The molecule has 0 spiro atoms. The second kappa shape index (κ2) is 8.08. The van der Waals surface area contributed by atoms with Gasteiger partial charge in [-0.15, -0.1) is 0 Å². The third-order valence-electron chi connectivity index (χ3n) is 5.43. The van der Waals surface area contributed by atoms with Crippen LogP contribution in [-0.2, 0) is 22.2 Å². The van der Waals surface area contributed by atoms with Crippen LogP contribution in [0.25, 0.3) is 0 Å². The minimum Gasteiger partial charge on any atom is -0.376 e. The Bertz CT molecular complexity index is 910. The minimum atomic E-state index is -4.86. The highest BCUT2D eigenvalue weighted by Crippen LogP contribution is 2.39. The Morgan fingerprint density at radius 1 is 1.21 bits per heavy atom. The van der Waals surface area contributed by atoms with E-state index >= 15 is 0 Å². The number of benzene rings is 1. The molecular formula is C19H24F3N3O3S. The summed E-state index contributed by atoms with van der Waals surface area (Å²) in [5.41, 5.74) is -3.45. The molecule has 2 aromatic rings. The summed E-state index contributed by atoms with van der Waals surface area (Å²) in [4.78, 5) is 3.90. The smallest absolute Gasteiger partial charge is 0.376 e. The molecule has 1 aliphatic rings. The number of rotatable bonds is 6. The van der Waals surface area contributed by atoms with Crippen molar-refractivity contribution in [3.05, 3.63) is 48.5 Å². The maximum absolute atomic E-state index is 13.1. The van der Waals surface area contributed by atoms with Crippen LogP contribution in [0.5, 0.6) is 0 Å². The van der Waals surface area contributed by atoms with Crippen LogP contribution >= 0.6 is 0 Å². The van der Waals surface area contributed by atoms with Gasteiger partial charge in [0, 0.05) is 31.5 Å². The third-order valence-corrected chi connectivity index (χ3v) is 7.39. The standard InChI is InChI=1S/C19H24F3N3O3S/c1-18(26,19(20,21)22)15-5-7-17(8-6-15)29(27,28)25-11-3-2-4-16(25)9-12-24-13-10-23-14-24/h5-8,10,13-14,16,26H,2-4,9,11-12H2,1H3. The zero-order chi connectivity index (χ0) is 21.3. The number of aliphatic hydroxyl groups is 1. The number of imidazole rings is 1. The molecule has 1 aliphatic heterocycles. The molecule has 1 saturated heterocycles. The van der Waals surface area contributed by atoms with E-state index in [0.717, 1.165) is 43.5 Å². The van der Waals surface area contributed by atoms with Crippen molar-refractivity contribution in [2.24, 2.45) is 0 Å². The van der Waals surface area contributed by atoms with Crippen molar-refractivity contribution in [3.63, 3.8) is 0 Å². The fourth-order valence-electron chi connectivity index (χ4n) is 3.55. The van der Waals surface area contributed by atoms with Crippen molar-refractivity contribution in [1.29, 1.82) is 0 Å². The second-order valence-corrected chi connectivity index (χ2v) is 9.34. The minimum absolute atomic E-state index is 0.0752. The maximum atomic E-state index is 13.1. The van der Waals surface area contributed by atoms with Gasteiger partial charge >= 0.3 is 6.18 Å². The number of aromatic nitrogens is 2. The van der Waals surface area contributed by atoms with Gasteiger partial charge in [-0.05, 0) is 43.9 Å². The largest absolute Gasteiger partial charge is 0.421 e. The summed E-state index contributed by atoms with van der Waals surface area (Å²) in [6, 6.07) is 4.11. The van der Waals surface area contributed by atoms with Gasteiger partial charge in [0.25, 0.3) is 0 Å². The van der Waals surface area contributed by atoms with Crippen LogP contribution < -0.4 is 0 Å². The lowest BCUT2D eigenvalue weighted by atomic mass is 9.96. The van der Waals surface area contributed by atoms with Crippen molar-refractivity contribution < 1.29 is 26.7 Å². The molecule has 29 heavy (non-hydrogen) atoms. The SMILES string of the molecule is CC(O)(c1ccc(S(=O)(=O)N2CCCCC2CCn2ccnc2)cc1)C(F)(F)F. The monoisotopic (exact) mass is 431 g/mol. The molecule has 0 bridgehead atoms. The van der Waals surface area contributed by atoms with E-state index < -0.39 is 27.4 Å². The number of piperidine rings is 1. The summed E-state index contributed by atoms with van der Waals surface area (Å²) in [6.45, 7) is 1.65. The quantitative estimate of drug-likeness (QED) is 0.762. The zero-order valence-electron chi connectivity index (χ0n) is 16.0. The highest BCUT2D eigenvalue weighted by atomic mass is 32.2. The van der Waals surface area contributed by atoms with Crippen molar-refractivity contribution in [2.45, 2.75) is 61.9 Å². The van der Waals surface area contributed by atoms with Crippen molar-refractivity contribution in [3.8, 4) is 0 Å². The Balaban J connectivity index is 1.80. The molecule has 0 radical (unpaired) electrons. The Morgan fingerprint density at radius 2 is 1.90 bits per heavy atom. The van der Waals surface area contributed by atoms with Crippen molar-refractivity contribution in [2.75, 3.05) is 6.54 Å². The van der Waals surface area contributed by atoms with E-state index in [9.17, 15) is 26.7 Å². The molecule has 2 unspecified atom stereocenters. The van der Waals surface area contributed by atoms with Gasteiger partial charge in [-0.1, -0.05) is 18.6 Å². The molecule has 10 heteroatoms. The Hall–Kier alpha value is -1.91. The summed E-state index contributed by atoms with van der Waals surface area (Å²) in [6.07, 6.45) is 3.30. The van der Waals surface area contributed by atoms with E-state index in [0.29, 0.717) is 26.4 Å². The van der Waals surface area contributed by atoms with Crippen LogP contribution in [0.3, 0.4) is 0 Å². The highest BCUT2D eigenvalue weighted by Gasteiger charge is 2.51. The van der Waals surface area contributed by atoms with Crippen LogP contribution in [0.4, 0.5) is 13.2 Å². The molecule has 2 heterocycles. The first kappa shape index (κ1) is 21.8. The predicted octanol–water partition coefficient (Wildman–Crippen LogP) is 3.29. The molecule has 0 saturated carbocycles. The summed E-state index contributed by atoms with van der Waals surface area (Å²) in [5, 5.41) is 9.77. The summed E-state index contributed by atoms with van der Waals surface area (Å²) < 4.78 is 68.7. The van der Waals surface area contributed by atoms with E-state index in [1.807, 2.05) is 10.8 Å². The molecule has 1 aromatic carbocycles. The number of hydrogen-bond acceptors (Lipinski definition) is 4. The number of nitrogens with zero attached hydrogens (tertiary/aromatic N) is 3. The fraction of sp³-hybridized carbons (Fsp3) is 0.526. The first-order chi connectivity index (χ1) is 13.5.